The minimum absolute atomic E-state index is 0.200. The van der Waals surface area contributed by atoms with Crippen molar-refractivity contribution in [2.24, 2.45) is 5.92 Å². The van der Waals surface area contributed by atoms with Gasteiger partial charge in [0.2, 0.25) is 5.91 Å². The van der Waals surface area contributed by atoms with Crippen molar-refractivity contribution in [1.29, 1.82) is 0 Å². The molecule has 4 heteroatoms. The Balaban J connectivity index is 1.75. The van der Waals surface area contributed by atoms with Crippen LogP contribution in [0.3, 0.4) is 0 Å². The second-order valence-electron chi connectivity index (χ2n) is 7.78. The highest BCUT2D eigenvalue weighted by Gasteiger charge is 2.35. The second-order valence-corrected chi connectivity index (χ2v) is 7.78. The highest BCUT2D eigenvalue weighted by Crippen LogP contribution is 2.35. The Morgan fingerprint density at radius 1 is 1.05 bits per heavy atom. The lowest BCUT2D eigenvalue weighted by molar-refractivity contribution is -0.155. The van der Waals surface area contributed by atoms with Crippen molar-refractivity contribution >= 4 is 11.9 Å². The van der Waals surface area contributed by atoms with Gasteiger partial charge < -0.3 is 9.64 Å². The highest BCUT2D eigenvalue weighted by atomic mass is 16.6. The van der Waals surface area contributed by atoms with E-state index in [9.17, 15) is 9.59 Å². The Hall–Kier alpha value is -1.06. The number of fused-ring (bicyclic) bond motifs is 1. The number of hydrogen-bond donors (Lipinski definition) is 0. The maximum atomic E-state index is 12.5. The molecule has 1 aliphatic carbocycles. The summed E-state index contributed by atoms with van der Waals surface area (Å²) >= 11 is 0. The third-order valence-electron chi connectivity index (χ3n) is 4.76. The van der Waals surface area contributed by atoms with Gasteiger partial charge in [0, 0.05) is 25.4 Å². The molecule has 4 nitrogen and oxygen atoms in total. The van der Waals surface area contributed by atoms with Crippen LogP contribution in [0.5, 0.6) is 0 Å². The predicted molar refractivity (Wildman–Crippen MR) is 86.4 cm³/mol. The Morgan fingerprint density at radius 2 is 1.73 bits per heavy atom. The van der Waals surface area contributed by atoms with Crippen LogP contribution in [0.2, 0.25) is 0 Å². The van der Waals surface area contributed by atoms with E-state index in [0.29, 0.717) is 25.3 Å². The Bertz CT molecular complexity index is 398. The number of esters is 1. The molecule has 1 aliphatic heterocycles. The first-order valence-electron chi connectivity index (χ1n) is 8.88. The van der Waals surface area contributed by atoms with E-state index in [0.717, 1.165) is 18.9 Å². The van der Waals surface area contributed by atoms with Crippen LogP contribution in [0.1, 0.15) is 78.6 Å². The van der Waals surface area contributed by atoms with E-state index < -0.39 is 5.60 Å². The normalized spacial score (nSPS) is 25.5. The second kappa shape index (κ2) is 7.47. The van der Waals surface area contributed by atoms with Crippen LogP contribution < -0.4 is 0 Å². The molecule has 1 amide bonds. The minimum atomic E-state index is -0.441. The highest BCUT2D eigenvalue weighted by molar-refractivity contribution is 5.77. The lowest BCUT2D eigenvalue weighted by Gasteiger charge is -2.44. The molecule has 22 heavy (non-hydrogen) atoms. The Labute approximate surface area is 134 Å². The summed E-state index contributed by atoms with van der Waals surface area (Å²) in [6, 6.07) is 0.469. The van der Waals surface area contributed by atoms with Crippen LogP contribution in [-0.4, -0.2) is 35.0 Å². The summed E-state index contributed by atoms with van der Waals surface area (Å²) in [7, 11) is 0. The predicted octanol–water partition coefficient (Wildman–Crippen LogP) is 3.68. The van der Waals surface area contributed by atoms with Crippen LogP contribution in [0, 0.1) is 5.92 Å². The van der Waals surface area contributed by atoms with E-state index in [4.69, 9.17) is 4.74 Å². The molecule has 2 unspecified atom stereocenters. The fraction of sp³-hybridized carbons (Fsp3) is 0.889. The van der Waals surface area contributed by atoms with Crippen molar-refractivity contribution in [3.05, 3.63) is 0 Å². The molecule has 2 atom stereocenters. The number of carbonyl (C=O) groups excluding carboxylic acids is 2. The number of amides is 1. The fourth-order valence-corrected chi connectivity index (χ4v) is 3.85. The summed E-state index contributed by atoms with van der Waals surface area (Å²) in [5.41, 5.74) is -0.441. The molecule has 0 spiro atoms. The van der Waals surface area contributed by atoms with Gasteiger partial charge in [0.15, 0.2) is 0 Å². The number of ether oxygens (including phenoxy) is 1. The van der Waals surface area contributed by atoms with E-state index >= 15 is 0 Å². The van der Waals surface area contributed by atoms with Crippen LogP contribution in [-0.2, 0) is 14.3 Å². The van der Waals surface area contributed by atoms with Crippen LogP contribution in [0.25, 0.3) is 0 Å². The molecule has 0 radical (unpaired) electrons. The van der Waals surface area contributed by atoms with E-state index in [1.54, 1.807) is 0 Å². The van der Waals surface area contributed by atoms with Gasteiger partial charge in [0.25, 0.3) is 0 Å². The van der Waals surface area contributed by atoms with Gasteiger partial charge in [-0.3, -0.25) is 9.59 Å². The van der Waals surface area contributed by atoms with E-state index in [2.05, 4.69) is 4.90 Å². The largest absolute Gasteiger partial charge is 0.460 e. The first kappa shape index (κ1) is 17.3. The quantitative estimate of drug-likeness (QED) is 0.744. The SMILES string of the molecule is CC(C)(C)OC(=O)CCCC(=O)N1CCCC2CCCCC21. The molecule has 0 bridgehead atoms. The number of nitrogens with zero attached hydrogens (tertiary/aromatic N) is 1. The van der Waals surface area contributed by atoms with Gasteiger partial charge >= 0.3 is 5.97 Å². The molecular formula is C18H31NO3. The third-order valence-corrected chi connectivity index (χ3v) is 4.76. The van der Waals surface area contributed by atoms with Crippen molar-refractivity contribution in [2.75, 3.05) is 6.54 Å². The maximum Gasteiger partial charge on any atom is 0.306 e. The zero-order valence-corrected chi connectivity index (χ0v) is 14.4. The van der Waals surface area contributed by atoms with Gasteiger partial charge in [-0.1, -0.05) is 12.8 Å². The van der Waals surface area contributed by atoms with Crippen LogP contribution in [0.15, 0.2) is 0 Å². The maximum absolute atomic E-state index is 12.5. The lowest BCUT2D eigenvalue weighted by atomic mass is 9.78. The first-order valence-corrected chi connectivity index (χ1v) is 8.88. The van der Waals surface area contributed by atoms with Crippen molar-refractivity contribution < 1.29 is 14.3 Å². The average molecular weight is 309 g/mol. The molecular weight excluding hydrogens is 278 g/mol. The third kappa shape index (κ3) is 4.99. The van der Waals surface area contributed by atoms with Crippen molar-refractivity contribution in [3.8, 4) is 0 Å². The molecule has 1 heterocycles. The summed E-state index contributed by atoms with van der Waals surface area (Å²) in [6.07, 6.45) is 8.86. The number of likely N-dealkylation sites (tertiary alicyclic amines) is 1. The number of carbonyl (C=O) groups is 2. The smallest absolute Gasteiger partial charge is 0.306 e. The van der Waals surface area contributed by atoms with Crippen LogP contribution >= 0.6 is 0 Å². The molecule has 126 valence electrons. The average Bonchev–Trinajstić information content (AvgIpc) is 2.44. The summed E-state index contributed by atoms with van der Waals surface area (Å²) in [5, 5.41) is 0. The van der Waals surface area contributed by atoms with Crippen molar-refractivity contribution in [1.82, 2.24) is 4.90 Å². The fourth-order valence-electron chi connectivity index (χ4n) is 3.85. The molecule has 2 rings (SSSR count). The van der Waals surface area contributed by atoms with Crippen molar-refractivity contribution in [3.63, 3.8) is 0 Å². The lowest BCUT2D eigenvalue weighted by Crippen LogP contribution is -2.49. The summed E-state index contributed by atoms with van der Waals surface area (Å²) < 4.78 is 5.29. The zero-order chi connectivity index (χ0) is 16.2. The summed E-state index contributed by atoms with van der Waals surface area (Å²) in [4.78, 5) is 26.3. The minimum Gasteiger partial charge on any atom is -0.460 e. The molecule has 0 aromatic rings. The molecule has 1 saturated carbocycles. The Morgan fingerprint density at radius 3 is 2.45 bits per heavy atom. The molecule has 0 aromatic carbocycles. The van der Waals surface area contributed by atoms with Gasteiger partial charge in [0.05, 0.1) is 0 Å². The molecule has 1 saturated heterocycles. The Kier molecular flexibility index (Phi) is 5.87. The molecule has 0 aromatic heterocycles. The van der Waals surface area contributed by atoms with Gasteiger partial charge in [-0.15, -0.1) is 0 Å². The monoisotopic (exact) mass is 309 g/mol. The number of piperidine rings is 1. The summed E-state index contributed by atoms with van der Waals surface area (Å²) in [6.45, 7) is 6.51. The van der Waals surface area contributed by atoms with Gasteiger partial charge in [-0.2, -0.15) is 0 Å². The van der Waals surface area contributed by atoms with Crippen molar-refractivity contribution in [2.45, 2.75) is 90.2 Å². The first-order chi connectivity index (χ1) is 10.4. The van der Waals surface area contributed by atoms with E-state index in [1.807, 2.05) is 20.8 Å². The number of rotatable bonds is 4. The van der Waals surface area contributed by atoms with Gasteiger partial charge in [-0.05, 0) is 58.8 Å². The standard InChI is InChI=1S/C18H31NO3/c1-18(2,3)22-17(21)12-6-11-16(20)19-13-7-9-14-8-4-5-10-15(14)19/h14-15H,4-13H2,1-3H3. The summed E-state index contributed by atoms with van der Waals surface area (Å²) in [5.74, 6) is 0.756. The van der Waals surface area contributed by atoms with Gasteiger partial charge in [0.1, 0.15) is 5.60 Å². The van der Waals surface area contributed by atoms with E-state index in [1.165, 1.54) is 32.1 Å². The molecule has 0 N–H and O–H groups in total. The van der Waals surface area contributed by atoms with E-state index in [-0.39, 0.29) is 11.9 Å². The van der Waals surface area contributed by atoms with Gasteiger partial charge in [-0.25, -0.2) is 0 Å². The van der Waals surface area contributed by atoms with Crippen LogP contribution in [0.4, 0.5) is 0 Å². The molecule has 2 fully saturated rings. The molecule has 2 aliphatic rings. The number of hydrogen-bond acceptors (Lipinski definition) is 3. The zero-order valence-electron chi connectivity index (χ0n) is 14.4. The topological polar surface area (TPSA) is 46.6 Å².